The summed E-state index contributed by atoms with van der Waals surface area (Å²) in [6.45, 7) is 1.71. The van der Waals surface area contributed by atoms with Crippen molar-refractivity contribution >= 4 is 17.7 Å². The van der Waals surface area contributed by atoms with Gasteiger partial charge in [0.2, 0.25) is 0 Å². The second kappa shape index (κ2) is 7.06. The topological polar surface area (TPSA) is 90.4 Å². The van der Waals surface area contributed by atoms with Gasteiger partial charge in [0.25, 0.3) is 5.56 Å². The number of nitrogens with one attached hydrogen (secondary N) is 1. The first kappa shape index (κ1) is 16.5. The molecule has 1 aromatic carbocycles. The van der Waals surface area contributed by atoms with Crippen molar-refractivity contribution in [1.82, 2.24) is 9.55 Å². The van der Waals surface area contributed by atoms with Crippen LogP contribution in [0.25, 0.3) is 0 Å². The normalized spacial score (nSPS) is 20.0. The van der Waals surface area contributed by atoms with Crippen LogP contribution in [0.15, 0.2) is 46.1 Å². The first-order chi connectivity index (χ1) is 11.5. The fourth-order valence-electron chi connectivity index (χ4n) is 2.28. The minimum absolute atomic E-state index is 0.0893. The van der Waals surface area contributed by atoms with Gasteiger partial charge in [-0.25, -0.2) is 9.59 Å². The first-order valence-electron chi connectivity index (χ1n) is 7.36. The minimum Gasteiger partial charge on any atom is -0.458 e. The van der Waals surface area contributed by atoms with Gasteiger partial charge < -0.3 is 9.47 Å². The lowest BCUT2D eigenvalue weighted by Crippen LogP contribution is -2.34. The monoisotopic (exact) mass is 348 g/mol. The van der Waals surface area contributed by atoms with Gasteiger partial charge in [-0.2, -0.15) is 0 Å². The SMILES string of the molecule is Cc1cn(C2CSC(COC(=O)c3ccccc3)O2)c(=O)[nH]c1=O. The Bertz CT molecular complexity index is 846. The lowest BCUT2D eigenvalue weighted by Gasteiger charge is -2.15. The van der Waals surface area contributed by atoms with E-state index in [9.17, 15) is 14.4 Å². The van der Waals surface area contributed by atoms with Crippen LogP contribution in [0.4, 0.5) is 0 Å². The van der Waals surface area contributed by atoms with Crippen LogP contribution in [0, 0.1) is 6.92 Å². The molecule has 2 heterocycles. The van der Waals surface area contributed by atoms with Gasteiger partial charge in [-0.1, -0.05) is 18.2 Å². The van der Waals surface area contributed by atoms with E-state index in [1.807, 2.05) is 6.07 Å². The van der Waals surface area contributed by atoms with E-state index in [0.29, 0.717) is 16.9 Å². The molecule has 0 aliphatic carbocycles. The number of carbonyl (C=O) groups excluding carboxylic acids is 1. The number of H-pyrrole nitrogens is 1. The molecular weight excluding hydrogens is 332 g/mol. The molecule has 1 aliphatic rings. The van der Waals surface area contributed by atoms with Crippen LogP contribution in [0.3, 0.4) is 0 Å². The van der Waals surface area contributed by atoms with Crippen molar-refractivity contribution in [3.05, 3.63) is 68.5 Å². The fraction of sp³-hybridized carbons (Fsp3) is 0.312. The summed E-state index contributed by atoms with van der Waals surface area (Å²) in [6, 6.07) is 8.70. The van der Waals surface area contributed by atoms with Gasteiger partial charge in [0.05, 0.1) is 5.56 Å². The molecule has 0 saturated carbocycles. The molecule has 1 aromatic heterocycles. The molecule has 3 rings (SSSR count). The zero-order valence-corrected chi connectivity index (χ0v) is 13.7. The van der Waals surface area contributed by atoms with E-state index in [1.165, 1.54) is 22.5 Å². The van der Waals surface area contributed by atoms with Crippen LogP contribution >= 0.6 is 11.8 Å². The zero-order valence-electron chi connectivity index (χ0n) is 12.9. The number of aromatic amines is 1. The number of thioether (sulfide) groups is 1. The summed E-state index contributed by atoms with van der Waals surface area (Å²) in [6.07, 6.45) is 0.976. The maximum absolute atomic E-state index is 11.9. The Labute approximate surface area is 141 Å². The van der Waals surface area contributed by atoms with E-state index in [1.54, 1.807) is 31.2 Å². The number of nitrogens with zero attached hydrogens (tertiary/aromatic N) is 1. The van der Waals surface area contributed by atoms with Crippen molar-refractivity contribution in [2.45, 2.75) is 18.6 Å². The number of esters is 1. The number of benzene rings is 1. The van der Waals surface area contributed by atoms with Crippen LogP contribution in [0.2, 0.25) is 0 Å². The standard InChI is InChI=1S/C16H16N2O5S/c1-10-7-18(16(21)17-14(10)19)12-9-24-13(23-12)8-22-15(20)11-5-3-2-4-6-11/h2-7,12-13H,8-9H2,1H3,(H,17,19,21). The third kappa shape index (κ3) is 3.60. The maximum Gasteiger partial charge on any atom is 0.338 e. The van der Waals surface area contributed by atoms with E-state index in [4.69, 9.17) is 9.47 Å². The summed E-state index contributed by atoms with van der Waals surface area (Å²) < 4.78 is 12.3. The quantitative estimate of drug-likeness (QED) is 0.838. The molecule has 1 fully saturated rings. The molecule has 126 valence electrons. The molecule has 0 amide bonds. The fourth-order valence-corrected chi connectivity index (χ4v) is 3.27. The smallest absolute Gasteiger partial charge is 0.338 e. The minimum atomic E-state index is -0.516. The van der Waals surface area contributed by atoms with Gasteiger partial charge in [-0.15, -0.1) is 11.8 Å². The van der Waals surface area contributed by atoms with E-state index >= 15 is 0 Å². The molecule has 1 saturated heterocycles. The summed E-state index contributed by atoms with van der Waals surface area (Å²) in [5, 5.41) is 0. The lowest BCUT2D eigenvalue weighted by molar-refractivity contribution is -0.0179. The Morgan fingerprint density at radius 3 is 2.88 bits per heavy atom. The van der Waals surface area contributed by atoms with E-state index in [0.717, 1.165) is 0 Å². The third-order valence-electron chi connectivity index (χ3n) is 3.55. The molecular formula is C16H16N2O5S. The van der Waals surface area contributed by atoms with Crippen molar-refractivity contribution in [1.29, 1.82) is 0 Å². The molecule has 8 heteroatoms. The highest BCUT2D eigenvalue weighted by Crippen LogP contribution is 2.31. The van der Waals surface area contributed by atoms with Crippen LogP contribution in [0.1, 0.15) is 22.1 Å². The molecule has 1 N–H and O–H groups in total. The number of aryl methyl sites for hydroxylation is 1. The average molecular weight is 348 g/mol. The molecule has 0 radical (unpaired) electrons. The number of hydrogen-bond donors (Lipinski definition) is 1. The highest BCUT2D eigenvalue weighted by Gasteiger charge is 2.29. The van der Waals surface area contributed by atoms with Crippen molar-refractivity contribution in [2.75, 3.05) is 12.4 Å². The second-order valence-corrected chi connectivity index (χ2v) is 6.49. The van der Waals surface area contributed by atoms with Crippen LogP contribution < -0.4 is 11.2 Å². The highest BCUT2D eigenvalue weighted by atomic mass is 32.2. The van der Waals surface area contributed by atoms with E-state index in [-0.39, 0.29) is 12.0 Å². The highest BCUT2D eigenvalue weighted by molar-refractivity contribution is 8.00. The zero-order chi connectivity index (χ0) is 17.1. The Kier molecular flexibility index (Phi) is 4.86. The predicted molar refractivity (Wildman–Crippen MR) is 89.2 cm³/mol. The summed E-state index contributed by atoms with van der Waals surface area (Å²) in [5.41, 5.74) is -0.373. The van der Waals surface area contributed by atoms with Crippen LogP contribution in [-0.2, 0) is 9.47 Å². The first-order valence-corrected chi connectivity index (χ1v) is 8.41. The number of ether oxygens (including phenoxy) is 2. The van der Waals surface area contributed by atoms with Crippen LogP contribution in [-0.4, -0.2) is 33.3 Å². The molecule has 24 heavy (non-hydrogen) atoms. The van der Waals surface area contributed by atoms with Crippen molar-refractivity contribution in [3.63, 3.8) is 0 Å². The van der Waals surface area contributed by atoms with Crippen molar-refractivity contribution < 1.29 is 14.3 Å². The molecule has 0 bridgehead atoms. The van der Waals surface area contributed by atoms with Gasteiger partial charge in [0, 0.05) is 17.5 Å². The van der Waals surface area contributed by atoms with Gasteiger partial charge in [-0.05, 0) is 19.1 Å². The Balaban J connectivity index is 1.60. The lowest BCUT2D eigenvalue weighted by atomic mass is 10.2. The average Bonchev–Trinajstić information content (AvgIpc) is 3.05. The van der Waals surface area contributed by atoms with Gasteiger partial charge in [0.1, 0.15) is 18.3 Å². The summed E-state index contributed by atoms with van der Waals surface area (Å²) in [5.74, 6) is 0.110. The number of carbonyl (C=O) groups is 1. The number of rotatable bonds is 4. The second-order valence-electron chi connectivity index (χ2n) is 5.30. The van der Waals surface area contributed by atoms with Crippen molar-refractivity contribution in [2.24, 2.45) is 0 Å². The predicted octanol–water partition coefficient (Wildman–Crippen LogP) is 1.29. The summed E-state index contributed by atoms with van der Waals surface area (Å²) in [4.78, 5) is 37.4. The van der Waals surface area contributed by atoms with E-state index < -0.39 is 23.4 Å². The molecule has 2 unspecified atom stereocenters. The molecule has 0 spiro atoms. The number of hydrogen-bond acceptors (Lipinski definition) is 6. The van der Waals surface area contributed by atoms with E-state index in [2.05, 4.69) is 4.98 Å². The Hall–Kier alpha value is -2.32. The Morgan fingerprint density at radius 2 is 2.12 bits per heavy atom. The van der Waals surface area contributed by atoms with Crippen LogP contribution in [0.5, 0.6) is 0 Å². The molecule has 7 nitrogen and oxygen atoms in total. The third-order valence-corrected chi connectivity index (χ3v) is 4.65. The summed E-state index contributed by atoms with van der Waals surface area (Å²) in [7, 11) is 0. The Morgan fingerprint density at radius 1 is 1.38 bits per heavy atom. The number of aromatic nitrogens is 2. The van der Waals surface area contributed by atoms with Gasteiger partial charge >= 0.3 is 11.7 Å². The molecule has 2 aromatic rings. The summed E-state index contributed by atoms with van der Waals surface area (Å²) >= 11 is 1.45. The largest absolute Gasteiger partial charge is 0.458 e. The molecule has 2 atom stereocenters. The van der Waals surface area contributed by atoms with Gasteiger partial charge in [0.15, 0.2) is 0 Å². The maximum atomic E-state index is 11.9. The van der Waals surface area contributed by atoms with Gasteiger partial charge in [-0.3, -0.25) is 14.3 Å². The van der Waals surface area contributed by atoms with Crippen molar-refractivity contribution in [3.8, 4) is 0 Å². The molecule has 1 aliphatic heterocycles.